The Morgan fingerprint density at radius 2 is 1.88 bits per heavy atom. The maximum Gasteiger partial charge on any atom is 0.274 e. The Kier molecular flexibility index (Phi) is 5.44. The van der Waals surface area contributed by atoms with Gasteiger partial charge in [0.05, 0.1) is 5.69 Å². The zero-order chi connectivity index (χ0) is 17.9. The summed E-state index contributed by atoms with van der Waals surface area (Å²) in [5.74, 6) is -0.257. The maximum atomic E-state index is 13.0. The van der Waals surface area contributed by atoms with Crippen molar-refractivity contribution in [3.8, 4) is 0 Å². The van der Waals surface area contributed by atoms with Crippen LogP contribution >= 0.6 is 11.3 Å². The number of sulfonamides is 1. The van der Waals surface area contributed by atoms with E-state index in [1.807, 2.05) is 19.1 Å². The van der Waals surface area contributed by atoms with Crippen molar-refractivity contribution in [1.82, 2.24) is 5.32 Å². The minimum Gasteiger partial charge on any atom is -0.352 e. The van der Waals surface area contributed by atoms with Gasteiger partial charge in [-0.3, -0.25) is 9.10 Å². The van der Waals surface area contributed by atoms with Gasteiger partial charge in [-0.25, -0.2) is 8.42 Å². The molecule has 1 N–H and O–H groups in total. The Morgan fingerprint density at radius 1 is 1.20 bits per heavy atom. The van der Waals surface area contributed by atoms with Crippen molar-refractivity contribution in [1.29, 1.82) is 0 Å². The zero-order valence-electron chi connectivity index (χ0n) is 14.1. The topological polar surface area (TPSA) is 66.5 Å². The molecule has 1 saturated carbocycles. The summed E-state index contributed by atoms with van der Waals surface area (Å²) < 4.78 is 27.5. The third-order valence-corrected chi connectivity index (χ3v) is 7.52. The molecule has 1 aromatic heterocycles. The average Bonchev–Trinajstić information content (AvgIpc) is 3.27. The highest BCUT2D eigenvalue weighted by Crippen LogP contribution is 2.27. The lowest BCUT2D eigenvalue weighted by molar-refractivity contribution is -0.120. The summed E-state index contributed by atoms with van der Waals surface area (Å²) in [6, 6.07) is 10.6. The number of thiophene rings is 1. The first kappa shape index (κ1) is 17.9. The summed E-state index contributed by atoms with van der Waals surface area (Å²) in [6.45, 7) is 1.73. The van der Waals surface area contributed by atoms with Crippen molar-refractivity contribution >= 4 is 33.0 Å². The average molecular weight is 379 g/mol. The van der Waals surface area contributed by atoms with Crippen LogP contribution in [0, 0.1) is 6.92 Å². The number of carbonyl (C=O) groups is 1. The van der Waals surface area contributed by atoms with Crippen LogP contribution in [0.2, 0.25) is 0 Å². The first-order chi connectivity index (χ1) is 12.0. The van der Waals surface area contributed by atoms with Gasteiger partial charge in [0.15, 0.2) is 0 Å². The molecule has 3 rings (SSSR count). The number of aryl methyl sites for hydroxylation is 1. The molecule has 1 aliphatic carbocycles. The van der Waals surface area contributed by atoms with E-state index < -0.39 is 10.0 Å². The summed E-state index contributed by atoms with van der Waals surface area (Å²) in [5.41, 5.74) is 1.54. The molecule has 1 aliphatic rings. The Hall–Kier alpha value is -1.86. The van der Waals surface area contributed by atoms with Crippen LogP contribution in [0.4, 0.5) is 5.69 Å². The van der Waals surface area contributed by atoms with Gasteiger partial charge in [0.1, 0.15) is 10.8 Å². The number of carbonyl (C=O) groups excluding carboxylic acids is 1. The van der Waals surface area contributed by atoms with E-state index in [0.29, 0.717) is 5.69 Å². The standard InChI is InChI=1S/C18H22N2O3S2/c1-14-8-10-16(11-9-14)20(25(22,23)18-7-4-12-24-18)13-17(21)19-15-5-2-3-6-15/h4,7-12,15H,2-3,5-6,13H2,1H3,(H,19,21). The summed E-state index contributed by atoms with van der Waals surface area (Å²) in [4.78, 5) is 12.5. The van der Waals surface area contributed by atoms with Gasteiger partial charge < -0.3 is 5.32 Å². The predicted molar refractivity (Wildman–Crippen MR) is 100 cm³/mol. The largest absolute Gasteiger partial charge is 0.352 e. The molecule has 25 heavy (non-hydrogen) atoms. The fraction of sp³-hybridized carbons (Fsp3) is 0.389. The third-order valence-electron chi connectivity index (χ3n) is 4.37. The molecule has 0 atom stereocenters. The lowest BCUT2D eigenvalue weighted by Gasteiger charge is -2.24. The van der Waals surface area contributed by atoms with Crippen molar-refractivity contribution in [3.63, 3.8) is 0 Å². The van der Waals surface area contributed by atoms with E-state index in [9.17, 15) is 13.2 Å². The van der Waals surface area contributed by atoms with Crippen LogP contribution in [0.25, 0.3) is 0 Å². The second-order valence-corrected chi connectivity index (χ2v) is 9.37. The molecule has 7 heteroatoms. The molecule has 0 spiro atoms. The van der Waals surface area contributed by atoms with E-state index in [2.05, 4.69) is 5.32 Å². The van der Waals surface area contributed by atoms with Gasteiger partial charge in [0.25, 0.3) is 10.0 Å². The van der Waals surface area contributed by atoms with Gasteiger partial charge in [0, 0.05) is 6.04 Å². The molecule has 5 nitrogen and oxygen atoms in total. The Morgan fingerprint density at radius 3 is 2.48 bits per heavy atom. The summed E-state index contributed by atoms with van der Waals surface area (Å²) >= 11 is 1.15. The number of amides is 1. The molecule has 1 fully saturated rings. The van der Waals surface area contributed by atoms with Crippen molar-refractivity contribution in [2.75, 3.05) is 10.8 Å². The Bertz CT molecular complexity index is 809. The van der Waals surface area contributed by atoms with Crippen LogP contribution in [0.3, 0.4) is 0 Å². The number of rotatable bonds is 6. The van der Waals surface area contributed by atoms with Crippen LogP contribution in [0.15, 0.2) is 46.0 Å². The highest BCUT2D eigenvalue weighted by molar-refractivity contribution is 7.94. The number of nitrogens with one attached hydrogen (secondary N) is 1. The lowest BCUT2D eigenvalue weighted by atomic mass is 10.2. The van der Waals surface area contributed by atoms with E-state index >= 15 is 0 Å². The van der Waals surface area contributed by atoms with Crippen molar-refractivity contribution < 1.29 is 13.2 Å². The van der Waals surface area contributed by atoms with Gasteiger partial charge in [-0.2, -0.15) is 0 Å². The SMILES string of the molecule is Cc1ccc(N(CC(=O)NC2CCCC2)S(=O)(=O)c2cccs2)cc1. The number of nitrogens with zero attached hydrogens (tertiary/aromatic N) is 1. The third kappa shape index (κ3) is 4.22. The minimum atomic E-state index is -3.76. The van der Waals surface area contributed by atoms with Crippen LogP contribution in [0.5, 0.6) is 0 Å². The van der Waals surface area contributed by atoms with E-state index in [1.54, 1.807) is 29.6 Å². The predicted octanol–water partition coefficient (Wildman–Crippen LogP) is 3.31. The first-order valence-electron chi connectivity index (χ1n) is 8.39. The van der Waals surface area contributed by atoms with Gasteiger partial charge in [0.2, 0.25) is 5.91 Å². The van der Waals surface area contributed by atoms with Gasteiger partial charge in [-0.15, -0.1) is 11.3 Å². The summed E-state index contributed by atoms with van der Waals surface area (Å²) in [7, 11) is -3.76. The quantitative estimate of drug-likeness (QED) is 0.839. The second-order valence-electron chi connectivity index (χ2n) is 6.33. The monoisotopic (exact) mass is 378 g/mol. The fourth-order valence-electron chi connectivity index (χ4n) is 3.02. The minimum absolute atomic E-state index is 0.164. The zero-order valence-corrected chi connectivity index (χ0v) is 15.8. The second kappa shape index (κ2) is 7.58. The van der Waals surface area contributed by atoms with Crippen LogP contribution in [-0.2, 0) is 14.8 Å². The van der Waals surface area contributed by atoms with Crippen LogP contribution in [-0.4, -0.2) is 26.9 Å². The highest BCUT2D eigenvalue weighted by atomic mass is 32.2. The molecule has 0 bridgehead atoms. The number of hydrogen-bond donors (Lipinski definition) is 1. The molecule has 1 heterocycles. The molecule has 134 valence electrons. The Labute approximate surface area is 152 Å². The van der Waals surface area contributed by atoms with E-state index in [-0.39, 0.29) is 22.7 Å². The van der Waals surface area contributed by atoms with Gasteiger partial charge in [-0.1, -0.05) is 36.6 Å². The lowest BCUT2D eigenvalue weighted by Crippen LogP contribution is -2.43. The van der Waals surface area contributed by atoms with Gasteiger partial charge >= 0.3 is 0 Å². The molecule has 2 aromatic rings. The highest BCUT2D eigenvalue weighted by Gasteiger charge is 2.29. The van der Waals surface area contributed by atoms with Crippen LogP contribution < -0.4 is 9.62 Å². The normalized spacial score (nSPS) is 15.2. The smallest absolute Gasteiger partial charge is 0.274 e. The Balaban J connectivity index is 1.86. The maximum absolute atomic E-state index is 13.0. The first-order valence-corrected chi connectivity index (χ1v) is 10.7. The molecule has 0 aliphatic heterocycles. The molecular weight excluding hydrogens is 356 g/mol. The van der Waals surface area contributed by atoms with Crippen LogP contribution in [0.1, 0.15) is 31.2 Å². The molecular formula is C18H22N2O3S2. The molecule has 0 radical (unpaired) electrons. The number of benzene rings is 1. The van der Waals surface area contributed by atoms with Crippen molar-refractivity contribution in [3.05, 3.63) is 47.3 Å². The number of hydrogen-bond acceptors (Lipinski definition) is 4. The molecule has 0 unspecified atom stereocenters. The van der Waals surface area contributed by atoms with Gasteiger partial charge in [-0.05, 0) is 43.3 Å². The van der Waals surface area contributed by atoms with E-state index in [4.69, 9.17) is 0 Å². The van der Waals surface area contributed by atoms with E-state index in [0.717, 1.165) is 42.6 Å². The molecule has 1 amide bonds. The number of anilines is 1. The van der Waals surface area contributed by atoms with Crippen molar-refractivity contribution in [2.45, 2.75) is 42.9 Å². The molecule has 0 saturated heterocycles. The fourth-order valence-corrected chi connectivity index (χ4v) is 5.54. The van der Waals surface area contributed by atoms with E-state index in [1.165, 1.54) is 4.31 Å². The summed E-state index contributed by atoms with van der Waals surface area (Å²) in [5, 5.41) is 4.69. The summed E-state index contributed by atoms with van der Waals surface area (Å²) in [6.07, 6.45) is 4.15. The van der Waals surface area contributed by atoms with Crippen molar-refractivity contribution in [2.24, 2.45) is 0 Å². The molecule has 1 aromatic carbocycles.